The van der Waals surface area contributed by atoms with Crippen molar-refractivity contribution in [2.75, 3.05) is 5.32 Å². The highest BCUT2D eigenvalue weighted by Crippen LogP contribution is 2.23. The third-order valence-corrected chi connectivity index (χ3v) is 3.29. The highest BCUT2D eigenvalue weighted by atomic mass is 35.5. The molecular weight excluding hydrogens is 288 g/mol. The molecule has 2 rings (SSSR count). The number of nitrogens with zero attached hydrogens (tertiary/aromatic N) is 1. The van der Waals surface area contributed by atoms with Crippen LogP contribution in [0.1, 0.15) is 18.1 Å². The molecule has 0 spiro atoms. The van der Waals surface area contributed by atoms with Gasteiger partial charge in [0.15, 0.2) is 6.10 Å². The largest absolute Gasteiger partial charge is 0.480 e. The Kier molecular flexibility index (Phi) is 4.81. The molecule has 1 unspecified atom stereocenters. The summed E-state index contributed by atoms with van der Waals surface area (Å²) in [6.07, 6.45) is 0.895. The number of nitrogens with one attached hydrogen (secondary N) is 1. The van der Waals surface area contributed by atoms with Crippen LogP contribution in [-0.4, -0.2) is 17.0 Å². The lowest BCUT2D eigenvalue weighted by atomic mass is 10.1. The van der Waals surface area contributed by atoms with E-state index in [2.05, 4.69) is 10.3 Å². The Hall–Kier alpha value is -2.07. The van der Waals surface area contributed by atoms with Crippen molar-refractivity contribution in [1.29, 1.82) is 0 Å². The highest BCUT2D eigenvalue weighted by molar-refractivity contribution is 6.29. The molecule has 1 N–H and O–H groups in total. The molecule has 0 aliphatic rings. The minimum Gasteiger partial charge on any atom is -0.480 e. The van der Waals surface area contributed by atoms with Crippen LogP contribution in [0.5, 0.6) is 5.75 Å². The van der Waals surface area contributed by atoms with Gasteiger partial charge in [0.1, 0.15) is 10.9 Å². The van der Waals surface area contributed by atoms with Crippen LogP contribution in [0.25, 0.3) is 0 Å². The Balaban J connectivity index is 2.04. The molecule has 0 fully saturated rings. The summed E-state index contributed by atoms with van der Waals surface area (Å²) in [5.41, 5.74) is 2.59. The van der Waals surface area contributed by atoms with E-state index in [9.17, 15) is 4.79 Å². The fourth-order valence-corrected chi connectivity index (χ4v) is 2.02. The zero-order valence-electron chi connectivity index (χ0n) is 12.2. The molecule has 0 radical (unpaired) electrons. The number of ether oxygens (including phenoxy) is 1. The molecule has 1 amide bonds. The lowest BCUT2D eigenvalue weighted by Gasteiger charge is -2.17. The number of halogens is 1. The van der Waals surface area contributed by atoms with E-state index in [0.717, 1.165) is 16.9 Å². The van der Waals surface area contributed by atoms with E-state index in [4.69, 9.17) is 16.3 Å². The highest BCUT2D eigenvalue weighted by Gasteiger charge is 2.17. The van der Waals surface area contributed by atoms with Gasteiger partial charge < -0.3 is 10.1 Å². The summed E-state index contributed by atoms with van der Waals surface area (Å²) in [4.78, 5) is 16.0. The van der Waals surface area contributed by atoms with Crippen LogP contribution in [0, 0.1) is 13.8 Å². The van der Waals surface area contributed by atoms with E-state index >= 15 is 0 Å². The van der Waals surface area contributed by atoms with E-state index < -0.39 is 6.10 Å². The number of hydrogen-bond donors (Lipinski definition) is 1. The SMILES string of the molecule is Cc1cccc(C)c1OC(C)C(=O)Nc1ccc(Cl)nc1. The van der Waals surface area contributed by atoms with E-state index in [1.807, 2.05) is 32.0 Å². The number of aromatic nitrogens is 1. The lowest BCUT2D eigenvalue weighted by molar-refractivity contribution is -0.122. The van der Waals surface area contributed by atoms with E-state index in [1.165, 1.54) is 6.20 Å². The number of anilines is 1. The quantitative estimate of drug-likeness (QED) is 0.875. The molecule has 1 atom stereocenters. The number of pyridine rings is 1. The molecule has 0 bridgehead atoms. The molecule has 21 heavy (non-hydrogen) atoms. The van der Waals surface area contributed by atoms with Gasteiger partial charge in [0.05, 0.1) is 11.9 Å². The minimum atomic E-state index is -0.611. The lowest BCUT2D eigenvalue weighted by Crippen LogP contribution is -2.30. The average molecular weight is 305 g/mol. The number of aryl methyl sites for hydroxylation is 2. The molecule has 110 valence electrons. The van der Waals surface area contributed by atoms with Crippen LogP contribution >= 0.6 is 11.6 Å². The first kappa shape index (κ1) is 15.3. The molecule has 1 aromatic heterocycles. The van der Waals surface area contributed by atoms with Gasteiger partial charge in [0.25, 0.3) is 5.91 Å². The number of rotatable bonds is 4. The van der Waals surface area contributed by atoms with Crippen molar-refractivity contribution in [3.05, 3.63) is 52.8 Å². The summed E-state index contributed by atoms with van der Waals surface area (Å²) in [5, 5.41) is 3.13. The summed E-state index contributed by atoms with van der Waals surface area (Å²) < 4.78 is 5.78. The summed E-state index contributed by atoms with van der Waals surface area (Å²) >= 11 is 5.70. The summed E-state index contributed by atoms with van der Waals surface area (Å²) in [6.45, 7) is 5.62. The fraction of sp³-hybridized carbons (Fsp3) is 0.250. The van der Waals surface area contributed by atoms with Gasteiger partial charge in [-0.3, -0.25) is 4.79 Å². The smallest absolute Gasteiger partial charge is 0.265 e. The van der Waals surface area contributed by atoms with Crippen LogP contribution in [0.3, 0.4) is 0 Å². The summed E-state index contributed by atoms with van der Waals surface area (Å²) in [5.74, 6) is 0.510. The first-order valence-electron chi connectivity index (χ1n) is 6.62. The monoisotopic (exact) mass is 304 g/mol. The van der Waals surface area contributed by atoms with Gasteiger partial charge in [-0.05, 0) is 44.0 Å². The number of benzene rings is 1. The van der Waals surface area contributed by atoms with Crippen molar-refractivity contribution in [3.63, 3.8) is 0 Å². The fourth-order valence-electron chi connectivity index (χ4n) is 1.91. The van der Waals surface area contributed by atoms with Gasteiger partial charge in [-0.2, -0.15) is 0 Å². The third-order valence-electron chi connectivity index (χ3n) is 3.07. The second-order valence-electron chi connectivity index (χ2n) is 4.84. The van der Waals surface area contributed by atoms with Gasteiger partial charge >= 0.3 is 0 Å². The summed E-state index contributed by atoms with van der Waals surface area (Å²) in [6, 6.07) is 9.18. The van der Waals surface area contributed by atoms with Gasteiger partial charge in [0, 0.05) is 0 Å². The maximum absolute atomic E-state index is 12.1. The van der Waals surface area contributed by atoms with Crippen molar-refractivity contribution in [3.8, 4) is 5.75 Å². The van der Waals surface area contributed by atoms with Crippen molar-refractivity contribution in [2.24, 2.45) is 0 Å². The molecule has 4 nitrogen and oxygen atoms in total. The maximum atomic E-state index is 12.1. The molecular formula is C16H17ClN2O2. The van der Waals surface area contributed by atoms with Gasteiger partial charge in [-0.1, -0.05) is 29.8 Å². The summed E-state index contributed by atoms with van der Waals surface area (Å²) in [7, 11) is 0. The van der Waals surface area contributed by atoms with Crippen LogP contribution in [0.4, 0.5) is 5.69 Å². The van der Waals surface area contributed by atoms with Crippen molar-refractivity contribution < 1.29 is 9.53 Å². The van der Waals surface area contributed by atoms with E-state index in [0.29, 0.717) is 10.8 Å². The molecule has 0 aliphatic carbocycles. The topological polar surface area (TPSA) is 51.2 Å². The van der Waals surface area contributed by atoms with Crippen LogP contribution in [0.15, 0.2) is 36.5 Å². The Morgan fingerprint density at radius 1 is 1.24 bits per heavy atom. The van der Waals surface area contributed by atoms with Crippen molar-refractivity contribution in [1.82, 2.24) is 4.98 Å². The third kappa shape index (κ3) is 3.95. The standard InChI is InChI=1S/C16H17ClN2O2/c1-10-5-4-6-11(2)15(10)21-12(3)16(20)19-13-7-8-14(17)18-9-13/h4-9,12H,1-3H3,(H,19,20). The Bertz CT molecular complexity index is 621. The number of carbonyl (C=O) groups is 1. The molecule has 2 aromatic rings. The Morgan fingerprint density at radius 2 is 1.90 bits per heavy atom. The van der Waals surface area contributed by atoms with Crippen molar-refractivity contribution in [2.45, 2.75) is 26.9 Å². The molecule has 5 heteroatoms. The predicted molar refractivity (Wildman–Crippen MR) is 83.9 cm³/mol. The first-order chi connectivity index (χ1) is 9.97. The molecule has 1 heterocycles. The van der Waals surface area contributed by atoms with Gasteiger partial charge in [0.2, 0.25) is 0 Å². The van der Waals surface area contributed by atoms with Gasteiger partial charge in [-0.15, -0.1) is 0 Å². The number of carbonyl (C=O) groups excluding carboxylic acids is 1. The van der Waals surface area contributed by atoms with E-state index in [-0.39, 0.29) is 5.91 Å². The van der Waals surface area contributed by atoms with Crippen molar-refractivity contribution >= 4 is 23.2 Å². The number of hydrogen-bond acceptors (Lipinski definition) is 3. The molecule has 0 saturated carbocycles. The average Bonchev–Trinajstić information content (AvgIpc) is 2.45. The molecule has 0 saturated heterocycles. The zero-order chi connectivity index (χ0) is 15.4. The Morgan fingerprint density at radius 3 is 2.48 bits per heavy atom. The number of para-hydroxylation sites is 1. The Labute approximate surface area is 129 Å². The maximum Gasteiger partial charge on any atom is 0.265 e. The first-order valence-corrected chi connectivity index (χ1v) is 7.00. The van der Waals surface area contributed by atoms with Crippen LogP contribution in [-0.2, 0) is 4.79 Å². The van der Waals surface area contributed by atoms with Crippen LogP contribution in [0.2, 0.25) is 5.15 Å². The second kappa shape index (κ2) is 6.59. The number of amides is 1. The second-order valence-corrected chi connectivity index (χ2v) is 5.23. The van der Waals surface area contributed by atoms with Crippen LogP contribution < -0.4 is 10.1 Å². The zero-order valence-corrected chi connectivity index (χ0v) is 12.9. The normalized spacial score (nSPS) is 11.8. The molecule has 1 aromatic carbocycles. The predicted octanol–water partition coefficient (Wildman–Crippen LogP) is 3.76. The molecule has 0 aliphatic heterocycles. The minimum absolute atomic E-state index is 0.234. The van der Waals surface area contributed by atoms with Gasteiger partial charge in [-0.25, -0.2) is 4.98 Å². The van der Waals surface area contributed by atoms with E-state index in [1.54, 1.807) is 19.1 Å².